The van der Waals surface area contributed by atoms with Crippen molar-refractivity contribution in [3.8, 4) is 0 Å². The van der Waals surface area contributed by atoms with Gasteiger partial charge in [0, 0.05) is 13.0 Å². The van der Waals surface area contributed by atoms with E-state index in [9.17, 15) is 9.59 Å². The van der Waals surface area contributed by atoms with Crippen LogP contribution in [0.4, 0.5) is 0 Å². The number of nitrogens with one attached hydrogen (secondary N) is 1. The van der Waals surface area contributed by atoms with Crippen molar-refractivity contribution in [1.29, 1.82) is 0 Å². The summed E-state index contributed by atoms with van der Waals surface area (Å²) in [6, 6.07) is 0. The average Bonchev–Trinajstić information content (AvgIpc) is 2.46. The zero-order valence-corrected chi connectivity index (χ0v) is 13.4. The first-order valence-corrected chi connectivity index (χ1v) is 7.86. The van der Waals surface area contributed by atoms with Gasteiger partial charge in [-0.05, 0) is 31.6 Å². The van der Waals surface area contributed by atoms with Crippen molar-refractivity contribution in [3.05, 3.63) is 22.5 Å². The molecular weight excluding hydrogens is 274 g/mol. The number of thioether (sulfide) groups is 1. The summed E-state index contributed by atoms with van der Waals surface area (Å²) in [4.78, 5) is 23.6. The predicted octanol–water partition coefficient (Wildman–Crippen LogP) is 3.40. The minimum absolute atomic E-state index is 0.0251. The molecule has 0 spiro atoms. The Bertz CT molecular complexity index is 351. The van der Waals surface area contributed by atoms with E-state index in [4.69, 9.17) is 0 Å². The highest BCUT2D eigenvalue weighted by Crippen LogP contribution is 2.17. The van der Waals surface area contributed by atoms with Crippen molar-refractivity contribution in [3.63, 3.8) is 0 Å². The van der Waals surface area contributed by atoms with Gasteiger partial charge in [-0.1, -0.05) is 37.3 Å². The Morgan fingerprint density at radius 2 is 2.00 bits per heavy atom. The van der Waals surface area contributed by atoms with Gasteiger partial charge >= 0.3 is 5.97 Å². The highest BCUT2D eigenvalue weighted by molar-refractivity contribution is 8.06. The van der Waals surface area contributed by atoms with Crippen molar-refractivity contribution < 1.29 is 14.3 Å². The Morgan fingerprint density at radius 1 is 1.25 bits per heavy atom. The van der Waals surface area contributed by atoms with Gasteiger partial charge in [-0.25, -0.2) is 0 Å². The Hall–Kier alpha value is -1.23. The molecule has 0 heterocycles. The molecule has 0 bridgehead atoms. The fraction of sp³-hybridized carbons (Fsp3) is 0.600. The Balaban J connectivity index is 3.85. The summed E-state index contributed by atoms with van der Waals surface area (Å²) in [7, 11) is 1.40. The summed E-state index contributed by atoms with van der Waals surface area (Å²) in [5.74, 6) is -0.201. The first-order chi connectivity index (χ1) is 9.65. The third-order valence-electron chi connectivity index (χ3n) is 2.52. The molecule has 0 aliphatic heterocycles. The van der Waals surface area contributed by atoms with E-state index in [1.165, 1.54) is 18.9 Å². The predicted molar refractivity (Wildman–Crippen MR) is 84.3 cm³/mol. The second-order valence-electron chi connectivity index (χ2n) is 4.21. The largest absolute Gasteiger partial charge is 0.469 e. The van der Waals surface area contributed by atoms with E-state index in [1.807, 2.05) is 31.4 Å². The van der Waals surface area contributed by atoms with Gasteiger partial charge < -0.3 is 10.1 Å². The first kappa shape index (κ1) is 18.8. The zero-order chi connectivity index (χ0) is 15.2. The van der Waals surface area contributed by atoms with Gasteiger partial charge in [0.25, 0.3) is 5.91 Å². The Morgan fingerprint density at radius 3 is 2.60 bits per heavy atom. The fourth-order valence-corrected chi connectivity index (χ4v) is 2.21. The number of hydrogen-bond donors (Lipinski definition) is 1. The Kier molecular flexibility index (Phi) is 12.0. The number of ether oxygens (including phenoxy) is 1. The molecule has 0 saturated carbocycles. The van der Waals surface area contributed by atoms with Gasteiger partial charge in [-0.3, -0.25) is 9.59 Å². The number of carbonyl (C=O) groups is 2. The van der Waals surface area contributed by atoms with Crippen molar-refractivity contribution in [2.75, 3.05) is 13.7 Å². The van der Waals surface area contributed by atoms with Gasteiger partial charge in [0.1, 0.15) is 0 Å². The van der Waals surface area contributed by atoms with E-state index >= 15 is 0 Å². The molecule has 0 atom stereocenters. The highest BCUT2D eigenvalue weighted by atomic mass is 32.2. The zero-order valence-electron chi connectivity index (χ0n) is 12.6. The molecule has 0 radical (unpaired) electrons. The number of unbranched alkanes of at least 4 members (excludes halogenated alkanes) is 2. The van der Waals surface area contributed by atoms with E-state index in [2.05, 4.69) is 10.1 Å². The molecule has 0 aliphatic carbocycles. The van der Waals surface area contributed by atoms with Crippen molar-refractivity contribution >= 4 is 23.6 Å². The second kappa shape index (κ2) is 12.8. The van der Waals surface area contributed by atoms with Gasteiger partial charge in [0.05, 0.1) is 12.0 Å². The van der Waals surface area contributed by atoms with Crippen LogP contribution in [0.1, 0.15) is 46.0 Å². The molecule has 0 aromatic rings. The van der Waals surface area contributed by atoms with E-state index in [1.54, 1.807) is 0 Å². The van der Waals surface area contributed by atoms with Crippen LogP contribution in [0.5, 0.6) is 0 Å². The van der Waals surface area contributed by atoms with E-state index in [-0.39, 0.29) is 11.9 Å². The van der Waals surface area contributed by atoms with Crippen LogP contribution in [0.25, 0.3) is 0 Å². The lowest BCUT2D eigenvalue weighted by atomic mass is 10.2. The van der Waals surface area contributed by atoms with E-state index in [0.717, 1.165) is 30.6 Å². The third-order valence-corrected chi connectivity index (χ3v) is 3.53. The van der Waals surface area contributed by atoms with Crippen molar-refractivity contribution in [1.82, 2.24) is 5.32 Å². The molecule has 0 aromatic heterocycles. The maximum absolute atomic E-state index is 11.9. The summed E-state index contributed by atoms with van der Waals surface area (Å²) < 4.78 is 4.57. The molecule has 0 rings (SSSR count). The van der Waals surface area contributed by atoms with Crippen LogP contribution >= 0.6 is 11.8 Å². The minimum Gasteiger partial charge on any atom is -0.469 e. The average molecular weight is 299 g/mol. The molecule has 1 amide bonds. The maximum Gasteiger partial charge on any atom is 0.305 e. The molecule has 0 unspecified atom stereocenters. The Labute approximate surface area is 126 Å². The lowest BCUT2D eigenvalue weighted by Gasteiger charge is -2.07. The molecule has 114 valence electrons. The van der Waals surface area contributed by atoms with Crippen molar-refractivity contribution in [2.45, 2.75) is 46.0 Å². The van der Waals surface area contributed by atoms with E-state index < -0.39 is 0 Å². The van der Waals surface area contributed by atoms with Crippen LogP contribution in [0.3, 0.4) is 0 Å². The first-order valence-electron chi connectivity index (χ1n) is 6.98. The van der Waals surface area contributed by atoms with Crippen LogP contribution < -0.4 is 5.32 Å². The monoisotopic (exact) mass is 299 g/mol. The molecule has 1 N–H and O–H groups in total. The molecule has 20 heavy (non-hydrogen) atoms. The number of hydrogen-bond acceptors (Lipinski definition) is 4. The molecule has 5 heteroatoms. The summed E-state index contributed by atoms with van der Waals surface area (Å²) in [5, 5.41) is 4.80. The number of amides is 1. The lowest BCUT2D eigenvalue weighted by molar-refractivity contribution is -0.140. The van der Waals surface area contributed by atoms with Crippen LogP contribution in [0.2, 0.25) is 0 Å². The van der Waals surface area contributed by atoms with Gasteiger partial charge in [-0.15, -0.1) is 0 Å². The fourth-order valence-electron chi connectivity index (χ4n) is 1.48. The number of methoxy groups -OCH3 is 1. The molecule has 0 fully saturated rings. The molecule has 0 saturated heterocycles. The second-order valence-corrected chi connectivity index (χ2v) is 5.15. The molecule has 4 nitrogen and oxygen atoms in total. The highest BCUT2D eigenvalue weighted by Gasteiger charge is 2.07. The van der Waals surface area contributed by atoms with Gasteiger partial charge in [-0.2, -0.15) is 0 Å². The van der Waals surface area contributed by atoms with Gasteiger partial charge in [0.2, 0.25) is 0 Å². The number of allylic oxidation sites excluding steroid dienone is 2. The quantitative estimate of drug-likeness (QED) is 0.381. The number of esters is 1. The van der Waals surface area contributed by atoms with Crippen LogP contribution in [-0.2, 0) is 14.3 Å². The van der Waals surface area contributed by atoms with Crippen LogP contribution in [0, 0.1) is 0 Å². The van der Waals surface area contributed by atoms with Crippen LogP contribution in [-0.4, -0.2) is 25.5 Å². The number of carbonyl (C=O) groups excluding carboxylic acids is 2. The van der Waals surface area contributed by atoms with Gasteiger partial charge in [0.15, 0.2) is 0 Å². The summed E-state index contributed by atoms with van der Waals surface area (Å²) in [6.07, 6.45) is 7.70. The maximum atomic E-state index is 11.9. The third kappa shape index (κ3) is 9.67. The minimum atomic E-state index is -0.176. The normalized spacial score (nSPS) is 11.7. The standard InChI is InChI=1S/C15H25NO3S/c1-4-9-13(20-12-5-2)15(18)16-11-8-6-7-10-14(17)19-3/h5,9,12H,4,6-8,10-11H2,1-3H3,(H,16,18)/b12-5-,13-9+. The topological polar surface area (TPSA) is 55.4 Å². The van der Waals surface area contributed by atoms with E-state index in [0.29, 0.717) is 13.0 Å². The molecule has 0 aromatic carbocycles. The molecular formula is C15H25NO3S. The smallest absolute Gasteiger partial charge is 0.305 e. The summed E-state index contributed by atoms with van der Waals surface area (Å²) >= 11 is 1.44. The van der Waals surface area contributed by atoms with Crippen LogP contribution in [0.15, 0.2) is 22.5 Å². The number of rotatable bonds is 10. The summed E-state index contributed by atoms with van der Waals surface area (Å²) in [6.45, 7) is 4.57. The molecule has 0 aliphatic rings. The lowest BCUT2D eigenvalue weighted by Crippen LogP contribution is -2.25. The summed E-state index contributed by atoms with van der Waals surface area (Å²) in [5.41, 5.74) is 0. The SMILES string of the molecule is C/C=C\S/C(=C/CC)C(=O)NCCCCCC(=O)OC. The van der Waals surface area contributed by atoms with Crippen molar-refractivity contribution in [2.24, 2.45) is 0 Å².